The fourth-order valence-electron chi connectivity index (χ4n) is 3.16. The van der Waals surface area contributed by atoms with Crippen molar-refractivity contribution < 1.29 is 19.4 Å². The number of aliphatic hydroxyl groups is 1. The number of benzene rings is 1. The molecule has 0 radical (unpaired) electrons. The van der Waals surface area contributed by atoms with E-state index < -0.39 is 23.4 Å². The van der Waals surface area contributed by atoms with E-state index in [1.54, 1.807) is 19.1 Å². The van der Waals surface area contributed by atoms with Crippen molar-refractivity contribution >= 4 is 35.0 Å². The minimum atomic E-state index is -1.36. The van der Waals surface area contributed by atoms with E-state index in [-0.39, 0.29) is 29.7 Å². The Morgan fingerprint density at radius 3 is 2.54 bits per heavy atom. The van der Waals surface area contributed by atoms with Gasteiger partial charge in [0, 0.05) is 12.3 Å². The molecule has 0 bridgehead atoms. The highest BCUT2D eigenvalue weighted by Crippen LogP contribution is 2.43. The molecule has 0 aliphatic heterocycles. The summed E-state index contributed by atoms with van der Waals surface area (Å²) in [7, 11) is 0. The van der Waals surface area contributed by atoms with Crippen LogP contribution in [0.2, 0.25) is 0 Å². The molecule has 0 heterocycles. The van der Waals surface area contributed by atoms with Crippen LogP contribution in [0.3, 0.4) is 0 Å². The summed E-state index contributed by atoms with van der Waals surface area (Å²) in [5.74, 6) is -2.60. The standard InChI is InChI=1S/C18H20Cl2O4/c1-3-24-17(22)16-12(8-15(19)20)9-18(23,10-14(16)21)13-6-4-11(2)5-7-13/h4-8,12,16,23H,3,9-10H2,1-2H3. The summed E-state index contributed by atoms with van der Waals surface area (Å²) in [6.45, 7) is 3.79. The quantitative estimate of drug-likeness (QED) is 0.648. The van der Waals surface area contributed by atoms with Crippen LogP contribution in [0.5, 0.6) is 0 Å². The highest BCUT2D eigenvalue weighted by atomic mass is 35.5. The number of hydrogen-bond donors (Lipinski definition) is 1. The lowest BCUT2D eigenvalue weighted by Crippen LogP contribution is -2.45. The zero-order valence-corrected chi connectivity index (χ0v) is 15.1. The van der Waals surface area contributed by atoms with Crippen molar-refractivity contribution in [3.63, 3.8) is 0 Å². The summed E-state index contributed by atoms with van der Waals surface area (Å²) in [4.78, 5) is 24.7. The van der Waals surface area contributed by atoms with Crippen LogP contribution in [0.1, 0.15) is 30.9 Å². The lowest BCUT2D eigenvalue weighted by atomic mass is 9.68. The molecule has 2 rings (SSSR count). The third-order valence-electron chi connectivity index (χ3n) is 4.28. The molecule has 1 aliphatic carbocycles. The van der Waals surface area contributed by atoms with Crippen molar-refractivity contribution in [2.45, 2.75) is 32.3 Å². The van der Waals surface area contributed by atoms with Gasteiger partial charge in [-0.3, -0.25) is 9.59 Å². The van der Waals surface area contributed by atoms with E-state index in [2.05, 4.69) is 0 Å². The Balaban J connectivity index is 2.37. The molecule has 6 heteroatoms. The van der Waals surface area contributed by atoms with Crippen LogP contribution < -0.4 is 0 Å². The van der Waals surface area contributed by atoms with E-state index in [9.17, 15) is 14.7 Å². The molecule has 1 aliphatic rings. The Labute approximate surface area is 151 Å². The largest absolute Gasteiger partial charge is 0.465 e. The molecule has 0 spiro atoms. The van der Waals surface area contributed by atoms with Gasteiger partial charge in [-0.05, 0) is 31.9 Å². The van der Waals surface area contributed by atoms with E-state index >= 15 is 0 Å². The van der Waals surface area contributed by atoms with Crippen molar-refractivity contribution in [2.75, 3.05) is 6.61 Å². The molecule has 0 saturated heterocycles. The van der Waals surface area contributed by atoms with Gasteiger partial charge in [0.15, 0.2) is 5.78 Å². The molecule has 4 nitrogen and oxygen atoms in total. The second kappa shape index (κ2) is 7.68. The first-order valence-corrected chi connectivity index (χ1v) is 8.54. The van der Waals surface area contributed by atoms with Gasteiger partial charge in [-0.1, -0.05) is 53.0 Å². The van der Waals surface area contributed by atoms with Crippen molar-refractivity contribution in [2.24, 2.45) is 11.8 Å². The van der Waals surface area contributed by atoms with Crippen LogP contribution in [-0.2, 0) is 19.9 Å². The minimum absolute atomic E-state index is 0.0461. The second-order valence-electron chi connectivity index (χ2n) is 6.09. The highest BCUT2D eigenvalue weighted by Gasteiger charge is 2.48. The molecule has 0 amide bonds. The topological polar surface area (TPSA) is 63.6 Å². The zero-order chi connectivity index (χ0) is 17.9. The number of esters is 1. The number of allylic oxidation sites excluding steroid dienone is 1. The molecule has 130 valence electrons. The summed E-state index contributed by atoms with van der Waals surface area (Å²) in [6, 6.07) is 7.32. The van der Waals surface area contributed by atoms with Gasteiger partial charge < -0.3 is 9.84 Å². The first kappa shape index (κ1) is 19.0. The number of halogens is 2. The number of hydrogen-bond acceptors (Lipinski definition) is 4. The number of aryl methyl sites for hydroxylation is 1. The van der Waals surface area contributed by atoms with Crippen LogP contribution in [-0.4, -0.2) is 23.5 Å². The van der Waals surface area contributed by atoms with Crippen molar-refractivity contribution in [1.82, 2.24) is 0 Å². The van der Waals surface area contributed by atoms with Gasteiger partial charge in [0.2, 0.25) is 0 Å². The number of ketones is 1. The molecule has 1 N–H and O–H groups in total. The third kappa shape index (κ3) is 4.18. The molecule has 1 saturated carbocycles. The number of ether oxygens (including phenoxy) is 1. The van der Waals surface area contributed by atoms with Gasteiger partial charge in [0.1, 0.15) is 10.4 Å². The fourth-order valence-corrected chi connectivity index (χ4v) is 3.48. The Morgan fingerprint density at radius 2 is 2.00 bits per heavy atom. The predicted molar refractivity (Wildman–Crippen MR) is 92.7 cm³/mol. The highest BCUT2D eigenvalue weighted by molar-refractivity contribution is 6.55. The average molecular weight is 371 g/mol. The fraction of sp³-hybridized carbons (Fsp3) is 0.444. The maximum atomic E-state index is 12.6. The third-order valence-corrected chi connectivity index (χ3v) is 4.54. The first-order chi connectivity index (χ1) is 11.3. The molecule has 3 unspecified atom stereocenters. The number of rotatable bonds is 4. The molecule has 24 heavy (non-hydrogen) atoms. The average Bonchev–Trinajstić information content (AvgIpc) is 2.46. The van der Waals surface area contributed by atoms with Crippen LogP contribution in [0.25, 0.3) is 0 Å². The maximum absolute atomic E-state index is 12.6. The summed E-state index contributed by atoms with van der Waals surface area (Å²) in [5.41, 5.74) is 0.319. The van der Waals surface area contributed by atoms with Crippen LogP contribution in [0, 0.1) is 18.8 Å². The second-order valence-corrected chi connectivity index (χ2v) is 7.10. The SMILES string of the molecule is CCOC(=O)C1C(=O)CC(O)(c2ccc(C)cc2)CC1C=C(Cl)Cl. The monoisotopic (exact) mass is 370 g/mol. The molecule has 0 aromatic heterocycles. The van der Waals surface area contributed by atoms with E-state index in [0.717, 1.165) is 5.56 Å². The summed E-state index contributed by atoms with van der Waals surface area (Å²) in [5, 5.41) is 11.0. The van der Waals surface area contributed by atoms with Gasteiger partial charge in [-0.2, -0.15) is 0 Å². The Morgan fingerprint density at radius 1 is 1.38 bits per heavy atom. The van der Waals surface area contributed by atoms with Crippen molar-refractivity contribution in [1.29, 1.82) is 0 Å². The van der Waals surface area contributed by atoms with Gasteiger partial charge in [-0.15, -0.1) is 0 Å². The number of Topliss-reactive ketones (excluding diaryl/α,β-unsaturated/α-hetero) is 1. The van der Waals surface area contributed by atoms with Crippen LogP contribution in [0.4, 0.5) is 0 Å². The molecule has 3 atom stereocenters. The first-order valence-electron chi connectivity index (χ1n) is 7.78. The molecular formula is C18H20Cl2O4. The maximum Gasteiger partial charge on any atom is 0.317 e. The molecule has 1 aromatic carbocycles. The predicted octanol–water partition coefficient (Wildman–Crippen LogP) is 3.66. The Hall–Kier alpha value is -1.36. The van der Waals surface area contributed by atoms with E-state index in [1.165, 1.54) is 6.08 Å². The van der Waals surface area contributed by atoms with E-state index in [0.29, 0.717) is 5.56 Å². The summed E-state index contributed by atoms with van der Waals surface area (Å²) < 4.78 is 4.95. The normalized spacial score (nSPS) is 26.8. The zero-order valence-electron chi connectivity index (χ0n) is 13.6. The lowest BCUT2D eigenvalue weighted by molar-refractivity contribution is -0.159. The lowest BCUT2D eigenvalue weighted by Gasteiger charge is -2.39. The molecule has 1 aromatic rings. The van der Waals surface area contributed by atoms with Gasteiger partial charge in [0.25, 0.3) is 0 Å². The van der Waals surface area contributed by atoms with Crippen molar-refractivity contribution in [3.8, 4) is 0 Å². The smallest absolute Gasteiger partial charge is 0.317 e. The summed E-state index contributed by atoms with van der Waals surface area (Å²) in [6.07, 6.45) is 1.44. The van der Waals surface area contributed by atoms with Gasteiger partial charge in [-0.25, -0.2) is 0 Å². The molecular weight excluding hydrogens is 351 g/mol. The Kier molecular flexibility index (Phi) is 6.07. The molecule has 1 fully saturated rings. The number of carbonyl (C=O) groups is 2. The van der Waals surface area contributed by atoms with Gasteiger partial charge in [0.05, 0.1) is 12.2 Å². The number of carbonyl (C=O) groups excluding carboxylic acids is 2. The van der Waals surface area contributed by atoms with Crippen LogP contribution >= 0.6 is 23.2 Å². The Bertz CT molecular complexity index is 649. The van der Waals surface area contributed by atoms with Gasteiger partial charge >= 0.3 is 5.97 Å². The van der Waals surface area contributed by atoms with Crippen molar-refractivity contribution in [3.05, 3.63) is 46.0 Å². The van der Waals surface area contributed by atoms with E-state index in [1.807, 2.05) is 19.1 Å². The van der Waals surface area contributed by atoms with E-state index in [4.69, 9.17) is 27.9 Å². The van der Waals surface area contributed by atoms with Crippen LogP contribution in [0.15, 0.2) is 34.8 Å². The summed E-state index contributed by atoms with van der Waals surface area (Å²) >= 11 is 11.5. The minimum Gasteiger partial charge on any atom is -0.465 e.